The molecule has 1 aliphatic heterocycles. The van der Waals surface area contributed by atoms with E-state index in [9.17, 15) is 9.59 Å². The summed E-state index contributed by atoms with van der Waals surface area (Å²) in [5.74, 6) is 1.08. The van der Waals surface area contributed by atoms with Crippen molar-refractivity contribution in [3.8, 4) is 17.2 Å². The van der Waals surface area contributed by atoms with Crippen LogP contribution in [0, 0.1) is 13.8 Å². The molecule has 1 N–H and O–H groups in total. The second-order valence-electron chi connectivity index (χ2n) is 9.50. The molecule has 10 heteroatoms. The van der Waals surface area contributed by atoms with Crippen molar-refractivity contribution in [2.45, 2.75) is 32.6 Å². The second kappa shape index (κ2) is 11.3. The normalized spacial score (nSPS) is 13.8. The zero-order chi connectivity index (χ0) is 27.5. The third-order valence-electron chi connectivity index (χ3n) is 7.11. The fourth-order valence-electron chi connectivity index (χ4n) is 4.83. The highest BCUT2D eigenvalue weighted by atomic mass is 32.1. The summed E-state index contributed by atoms with van der Waals surface area (Å²) in [6.45, 7) is 5.08. The highest BCUT2D eigenvalue weighted by Gasteiger charge is 2.29. The van der Waals surface area contributed by atoms with Gasteiger partial charge in [-0.15, -0.1) is 11.3 Å². The number of aryl methyl sites for hydroxylation is 1. The molecule has 1 saturated heterocycles. The smallest absolute Gasteiger partial charge is 0.275 e. The van der Waals surface area contributed by atoms with Gasteiger partial charge in [-0.25, -0.2) is 9.67 Å². The number of carbonyl (C=O) groups is 2. The Kier molecular flexibility index (Phi) is 7.65. The predicted octanol–water partition coefficient (Wildman–Crippen LogP) is 5.23. The average Bonchev–Trinajstić information content (AvgIpc) is 3.61. The van der Waals surface area contributed by atoms with Crippen molar-refractivity contribution in [1.82, 2.24) is 19.7 Å². The minimum atomic E-state index is -0.272. The first-order chi connectivity index (χ1) is 18.9. The zero-order valence-corrected chi connectivity index (χ0v) is 23.2. The number of likely N-dealkylation sites (tertiary alicyclic amines) is 1. The van der Waals surface area contributed by atoms with Crippen LogP contribution in [0.15, 0.2) is 54.0 Å². The highest BCUT2D eigenvalue weighted by molar-refractivity contribution is 7.10. The summed E-state index contributed by atoms with van der Waals surface area (Å²) in [5, 5.41) is 10.1. The van der Waals surface area contributed by atoms with E-state index in [-0.39, 0.29) is 17.7 Å². The van der Waals surface area contributed by atoms with Crippen LogP contribution < -0.4 is 14.8 Å². The summed E-state index contributed by atoms with van der Waals surface area (Å²) in [5.41, 5.74) is 4.26. The van der Waals surface area contributed by atoms with Gasteiger partial charge in [-0.05, 0) is 50.5 Å². The molecule has 1 aliphatic rings. The lowest BCUT2D eigenvalue weighted by Gasteiger charge is -2.31. The topological polar surface area (TPSA) is 98.6 Å². The Bertz CT molecular complexity index is 1490. The number of piperidine rings is 1. The summed E-state index contributed by atoms with van der Waals surface area (Å²) >= 11 is 1.49. The molecule has 0 radical (unpaired) electrons. The lowest BCUT2D eigenvalue weighted by atomic mass is 9.97. The standard InChI is InChI=1S/C29H31N5O4S/c1-18-14-25(37-3)26(38-4)15-23(18)31-27(35)24-17-39-28(32-24)20-10-12-33(13-11-20)29(36)22-16-30-34(19(22)2)21-8-6-5-7-9-21/h5-9,14-17,20H,10-13H2,1-4H3,(H,31,35). The molecule has 3 heterocycles. The first kappa shape index (κ1) is 26.4. The van der Waals surface area contributed by atoms with E-state index in [4.69, 9.17) is 9.47 Å². The van der Waals surface area contributed by atoms with Crippen molar-refractivity contribution >= 4 is 28.8 Å². The Morgan fingerprint density at radius 3 is 2.41 bits per heavy atom. The van der Waals surface area contributed by atoms with Gasteiger partial charge in [0.25, 0.3) is 11.8 Å². The van der Waals surface area contributed by atoms with E-state index in [1.807, 2.05) is 55.1 Å². The minimum Gasteiger partial charge on any atom is -0.493 e. The minimum absolute atomic E-state index is 0.00220. The zero-order valence-electron chi connectivity index (χ0n) is 22.4. The van der Waals surface area contributed by atoms with Crippen LogP contribution in [0.2, 0.25) is 0 Å². The average molecular weight is 546 g/mol. The third kappa shape index (κ3) is 5.37. The van der Waals surface area contributed by atoms with Crippen LogP contribution in [-0.2, 0) is 0 Å². The second-order valence-corrected chi connectivity index (χ2v) is 10.4. The van der Waals surface area contributed by atoms with E-state index >= 15 is 0 Å². The molecule has 0 aliphatic carbocycles. The molecule has 2 amide bonds. The Balaban J connectivity index is 1.21. The number of carbonyl (C=O) groups excluding carboxylic acids is 2. The van der Waals surface area contributed by atoms with Gasteiger partial charge in [0.05, 0.1) is 42.4 Å². The molecule has 202 valence electrons. The van der Waals surface area contributed by atoms with Gasteiger partial charge in [-0.1, -0.05) is 18.2 Å². The number of ether oxygens (including phenoxy) is 2. The van der Waals surface area contributed by atoms with Crippen molar-refractivity contribution < 1.29 is 19.1 Å². The summed E-state index contributed by atoms with van der Waals surface area (Å²) in [7, 11) is 3.14. The largest absolute Gasteiger partial charge is 0.493 e. The van der Waals surface area contributed by atoms with Crippen LogP contribution in [-0.4, -0.2) is 58.8 Å². The third-order valence-corrected chi connectivity index (χ3v) is 8.11. The van der Waals surface area contributed by atoms with Gasteiger partial charge < -0.3 is 19.7 Å². The van der Waals surface area contributed by atoms with E-state index in [1.54, 1.807) is 36.5 Å². The van der Waals surface area contributed by atoms with Crippen LogP contribution in [0.1, 0.15) is 55.9 Å². The van der Waals surface area contributed by atoms with Crippen molar-refractivity contribution in [2.24, 2.45) is 0 Å². The summed E-state index contributed by atoms with van der Waals surface area (Å²) < 4.78 is 12.5. The fourth-order valence-corrected chi connectivity index (χ4v) is 5.80. The van der Waals surface area contributed by atoms with Gasteiger partial charge in [0.2, 0.25) is 0 Å². The van der Waals surface area contributed by atoms with Crippen LogP contribution in [0.3, 0.4) is 0 Å². The number of aromatic nitrogens is 3. The SMILES string of the molecule is COc1cc(C)c(NC(=O)c2csc(C3CCN(C(=O)c4cnn(-c5ccccc5)c4C)CC3)n2)cc1OC. The maximum Gasteiger partial charge on any atom is 0.275 e. The van der Waals surface area contributed by atoms with Crippen LogP contribution in [0.25, 0.3) is 5.69 Å². The van der Waals surface area contributed by atoms with E-state index in [1.165, 1.54) is 11.3 Å². The summed E-state index contributed by atoms with van der Waals surface area (Å²) in [6.07, 6.45) is 3.24. The molecule has 9 nitrogen and oxygen atoms in total. The first-order valence-electron chi connectivity index (χ1n) is 12.8. The Labute approximate surface area is 231 Å². The number of para-hydroxylation sites is 1. The molecule has 39 heavy (non-hydrogen) atoms. The number of nitrogens with zero attached hydrogens (tertiary/aromatic N) is 4. The molecular weight excluding hydrogens is 514 g/mol. The monoisotopic (exact) mass is 545 g/mol. The number of methoxy groups -OCH3 is 2. The molecule has 1 fully saturated rings. The first-order valence-corrected chi connectivity index (χ1v) is 13.7. The van der Waals surface area contributed by atoms with Gasteiger partial charge in [0.1, 0.15) is 5.69 Å². The molecule has 2 aromatic heterocycles. The number of anilines is 1. The molecule has 0 saturated carbocycles. The van der Waals surface area contributed by atoms with Crippen molar-refractivity contribution in [2.75, 3.05) is 32.6 Å². The van der Waals surface area contributed by atoms with Gasteiger partial charge in [0.15, 0.2) is 11.5 Å². The Morgan fingerprint density at radius 2 is 1.72 bits per heavy atom. The molecular formula is C29H31N5O4S. The van der Waals surface area contributed by atoms with E-state index in [0.29, 0.717) is 41.5 Å². The van der Waals surface area contributed by atoms with E-state index in [0.717, 1.165) is 34.8 Å². The molecule has 0 atom stereocenters. The number of hydrogen-bond donors (Lipinski definition) is 1. The summed E-state index contributed by atoms with van der Waals surface area (Å²) in [6, 6.07) is 13.4. The molecule has 0 bridgehead atoms. The van der Waals surface area contributed by atoms with Crippen LogP contribution >= 0.6 is 11.3 Å². The fraction of sp³-hybridized carbons (Fsp3) is 0.310. The molecule has 5 rings (SSSR count). The lowest BCUT2D eigenvalue weighted by molar-refractivity contribution is 0.0712. The number of thiazole rings is 1. The molecule has 4 aromatic rings. The van der Waals surface area contributed by atoms with Gasteiger partial charge in [0, 0.05) is 36.1 Å². The maximum absolute atomic E-state index is 13.3. The van der Waals surface area contributed by atoms with Crippen LogP contribution in [0.5, 0.6) is 11.5 Å². The predicted molar refractivity (Wildman–Crippen MR) is 151 cm³/mol. The number of rotatable bonds is 7. The van der Waals surface area contributed by atoms with Crippen molar-refractivity contribution in [1.29, 1.82) is 0 Å². The van der Waals surface area contributed by atoms with E-state index < -0.39 is 0 Å². The number of hydrogen-bond acceptors (Lipinski definition) is 7. The quantitative estimate of drug-likeness (QED) is 0.341. The molecule has 0 spiro atoms. The highest BCUT2D eigenvalue weighted by Crippen LogP contribution is 2.34. The lowest BCUT2D eigenvalue weighted by Crippen LogP contribution is -2.38. The number of nitrogens with one attached hydrogen (secondary N) is 1. The number of amides is 2. The number of benzene rings is 2. The van der Waals surface area contributed by atoms with Gasteiger partial charge >= 0.3 is 0 Å². The van der Waals surface area contributed by atoms with Gasteiger partial charge in [-0.2, -0.15) is 5.10 Å². The maximum atomic E-state index is 13.3. The van der Waals surface area contributed by atoms with Crippen molar-refractivity contribution in [3.63, 3.8) is 0 Å². The Hall–Kier alpha value is -4.18. The summed E-state index contributed by atoms with van der Waals surface area (Å²) in [4.78, 5) is 32.8. The molecule has 0 unspecified atom stereocenters. The Morgan fingerprint density at radius 1 is 1.03 bits per heavy atom. The van der Waals surface area contributed by atoms with Gasteiger partial charge in [-0.3, -0.25) is 9.59 Å². The van der Waals surface area contributed by atoms with Crippen LogP contribution in [0.4, 0.5) is 5.69 Å². The molecule has 2 aromatic carbocycles. The van der Waals surface area contributed by atoms with Crippen molar-refractivity contribution in [3.05, 3.63) is 81.6 Å². The van der Waals surface area contributed by atoms with E-state index in [2.05, 4.69) is 15.4 Å².